The van der Waals surface area contributed by atoms with Crippen molar-refractivity contribution in [3.05, 3.63) is 48.6 Å². The Balaban J connectivity index is 3.91. The number of hydrogen-bond acceptors (Lipinski definition) is 7. The van der Waals surface area contributed by atoms with E-state index in [0.717, 1.165) is 70.6 Å². The van der Waals surface area contributed by atoms with Crippen LogP contribution in [0.3, 0.4) is 0 Å². The van der Waals surface area contributed by atoms with Gasteiger partial charge in [0.2, 0.25) is 0 Å². The fraction of sp³-hybridized carbons (Fsp3) is 0.825. The van der Waals surface area contributed by atoms with Crippen molar-refractivity contribution >= 4 is 19.8 Å². The van der Waals surface area contributed by atoms with Crippen molar-refractivity contribution in [3.8, 4) is 0 Å². The summed E-state index contributed by atoms with van der Waals surface area (Å²) >= 11 is 0. The predicted molar refractivity (Wildman–Crippen MR) is 281 cm³/mol. The van der Waals surface area contributed by atoms with Gasteiger partial charge in [-0.1, -0.05) is 255 Å². The van der Waals surface area contributed by atoms with Gasteiger partial charge >= 0.3 is 19.8 Å². The summed E-state index contributed by atoms with van der Waals surface area (Å²) in [6.45, 7) is 5.42. The van der Waals surface area contributed by atoms with Crippen LogP contribution < -0.4 is 0 Å². The number of allylic oxidation sites excluding steroid dienone is 8. The number of phosphoric ester groups is 1. The zero-order chi connectivity index (χ0) is 48.1. The fourth-order valence-corrected chi connectivity index (χ4v) is 8.85. The second-order valence-corrected chi connectivity index (χ2v) is 20.0. The molecule has 0 heterocycles. The van der Waals surface area contributed by atoms with Crippen molar-refractivity contribution < 1.29 is 37.6 Å². The van der Waals surface area contributed by atoms with Gasteiger partial charge < -0.3 is 14.4 Å². The highest BCUT2D eigenvalue weighted by Crippen LogP contribution is 2.43. The van der Waals surface area contributed by atoms with Gasteiger partial charge in [0, 0.05) is 12.8 Å². The molecule has 66 heavy (non-hydrogen) atoms. The first-order valence-corrected chi connectivity index (χ1v) is 29.4. The van der Waals surface area contributed by atoms with E-state index in [-0.39, 0.29) is 25.6 Å². The molecule has 0 amide bonds. The predicted octanol–water partition coefficient (Wildman–Crippen LogP) is 18.5. The van der Waals surface area contributed by atoms with E-state index in [1.54, 1.807) is 6.92 Å². The average Bonchev–Trinajstić information content (AvgIpc) is 3.30. The van der Waals surface area contributed by atoms with E-state index < -0.39 is 26.5 Å². The van der Waals surface area contributed by atoms with Gasteiger partial charge in [0.15, 0.2) is 6.10 Å². The highest BCUT2D eigenvalue weighted by atomic mass is 31.2. The summed E-state index contributed by atoms with van der Waals surface area (Å²) in [5, 5.41) is 0. The number of carbonyl (C=O) groups is 2. The highest BCUT2D eigenvalue weighted by molar-refractivity contribution is 7.47. The van der Waals surface area contributed by atoms with Crippen LogP contribution in [0, 0.1) is 0 Å². The molecular formula is C57H105O8P. The summed E-state index contributed by atoms with van der Waals surface area (Å²) in [4.78, 5) is 35.0. The second kappa shape index (κ2) is 52.4. The van der Waals surface area contributed by atoms with Crippen molar-refractivity contribution in [2.24, 2.45) is 0 Å². The Labute approximate surface area is 408 Å². The molecule has 0 saturated carbocycles. The van der Waals surface area contributed by atoms with Gasteiger partial charge in [0.1, 0.15) is 6.61 Å². The molecule has 0 spiro atoms. The van der Waals surface area contributed by atoms with Gasteiger partial charge in [-0.25, -0.2) is 4.57 Å². The van der Waals surface area contributed by atoms with Crippen molar-refractivity contribution in [2.45, 2.75) is 284 Å². The van der Waals surface area contributed by atoms with E-state index in [2.05, 4.69) is 62.5 Å². The molecule has 0 fully saturated rings. The van der Waals surface area contributed by atoms with Gasteiger partial charge in [-0.15, -0.1) is 0 Å². The summed E-state index contributed by atoms with van der Waals surface area (Å²) < 4.78 is 32.9. The Kier molecular flexibility index (Phi) is 50.8. The van der Waals surface area contributed by atoms with Crippen LogP contribution in [0.4, 0.5) is 0 Å². The van der Waals surface area contributed by atoms with Gasteiger partial charge in [-0.3, -0.25) is 18.6 Å². The molecule has 0 aliphatic carbocycles. The third kappa shape index (κ3) is 51.4. The molecule has 0 aromatic heterocycles. The average molecular weight is 949 g/mol. The summed E-state index contributed by atoms with van der Waals surface area (Å²) in [7, 11) is -4.29. The van der Waals surface area contributed by atoms with Gasteiger partial charge in [0.25, 0.3) is 0 Å². The first-order valence-electron chi connectivity index (χ1n) is 27.9. The lowest BCUT2D eigenvalue weighted by Gasteiger charge is -2.19. The number of ether oxygens (including phenoxy) is 2. The molecule has 0 bridgehead atoms. The van der Waals surface area contributed by atoms with Crippen molar-refractivity contribution in [1.82, 2.24) is 0 Å². The third-order valence-corrected chi connectivity index (χ3v) is 13.2. The molecule has 8 nitrogen and oxygen atoms in total. The van der Waals surface area contributed by atoms with Crippen LogP contribution in [0.15, 0.2) is 48.6 Å². The maximum atomic E-state index is 12.7. The van der Waals surface area contributed by atoms with Gasteiger partial charge in [-0.05, 0) is 58.3 Å². The van der Waals surface area contributed by atoms with Crippen LogP contribution in [0.2, 0.25) is 0 Å². The van der Waals surface area contributed by atoms with Gasteiger partial charge in [0.05, 0.1) is 13.2 Å². The van der Waals surface area contributed by atoms with Crippen molar-refractivity contribution in [1.29, 1.82) is 0 Å². The minimum Gasteiger partial charge on any atom is -0.462 e. The van der Waals surface area contributed by atoms with E-state index in [1.807, 2.05) is 0 Å². The first-order chi connectivity index (χ1) is 32.3. The molecule has 0 aliphatic heterocycles. The van der Waals surface area contributed by atoms with Crippen LogP contribution in [-0.4, -0.2) is 42.8 Å². The normalized spacial score (nSPS) is 13.5. The van der Waals surface area contributed by atoms with Crippen LogP contribution in [0.25, 0.3) is 0 Å². The molecule has 0 aliphatic rings. The zero-order valence-electron chi connectivity index (χ0n) is 43.4. The lowest BCUT2D eigenvalue weighted by atomic mass is 10.0. The Bertz CT molecular complexity index is 1210. The molecule has 0 aromatic rings. The van der Waals surface area contributed by atoms with E-state index in [0.29, 0.717) is 12.8 Å². The molecule has 2 unspecified atom stereocenters. The van der Waals surface area contributed by atoms with E-state index >= 15 is 0 Å². The second-order valence-electron chi connectivity index (χ2n) is 18.6. The van der Waals surface area contributed by atoms with E-state index in [9.17, 15) is 19.0 Å². The highest BCUT2D eigenvalue weighted by Gasteiger charge is 2.25. The summed E-state index contributed by atoms with van der Waals surface area (Å²) in [6, 6.07) is 0. The molecule has 1 N–H and O–H groups in total. The molecule has 0 rings (SSSR count). The van der Waals surface area contributed by atoms with Crippen LogP contribution in [-0.2, 0) is 32.7 Å². The number of rotatable bonds is 52. The molecule has 2 atom stereocenters. The Morgan fingerprint density at radius 2 is 0.773 bits per heavy atom. The summed E-state index contributed by atoms with van der Waals surface area (Å²) in [5.41, 5.74) is 0. The molecule has 0 radical (unpaired) electrons. The number of phosphoric acid groups is 1. The maximum Gasteiger partial charge on any atom is 0.472 e. The standard InChI is InChI=1S/C57H105O8P/c1-4-7-9-11-13-15-17-19-21-23-25-27-29-31-33-35-37-39-41-43-45-47-49-51-56(58)62-53-55(54-64-66(60,61)63-6-3)65-57(59)52-50-48-46-44-42-40-38-36-34-32-30-28-26-24-22-20-18-16-14-12-10-8-5-2/h8,10,14,16,20,22,26,28,55H,4-7,9,11-13,15,17-19,21,23-25,27,29-54H2,1-3H3,(H,60,61)/b10-8-,16-14-,22-20-,28-26-. The van der Waals surface area contributed by atoms with Crippen LogP contribution >= 0.6 is 7.82 Å². The Morgan fingerprint density at radius 3 is 1.17 bits per heavy atom. The van der Waals surface area contributed by atoms with Crippen molar-refractivity contribution in [2.75, 3.05) is 19.8 Å². The van der Waals surface area contributed by atoms with Gasteiger partial charge in [-0.2, -0.15) is 0 Å². The zero-order valence-corrected chi connectivity index (χ0v) is 44.2. The SMILES string of the molecule is CC/C=C\C/C=C\C/C=C\C/C=C\CCCCCCCCCCCCC(=O)OC(COC(=O)CCCCCCCCCCCCCCCCCCCCCCCCC)COP(=O)(O)OCC. The Morgan fingerprint density at radius 1 is 0.424 bits per heavy atom. The number of esters is 2. The lowest BCUT2D eigenvalue weighted by molar-refractivity contribution is -0.161. The monoisotopic (exact) mass is 949 g/mol. The molecule has 386 valence electrons. The quantitative estimate of drug-likeness (QED) is 0.0278. The molecule has 0 saturated heterocycles. The lowest BCUT2D eigenvalue weighted by Crippen LogP contribution is -2.29. The maximum absolute atomic E-state index is 12.7. The molecule has 9 heteroatoms. The van der Waals surface area contributed by atoms with E-state index in [4.69, 9.17) is 18.5 Å². The minimum atomic E-state index is -4.29. The molecule has 0 aromatic carbocycles. The number of unbranched alkanes of at least 4 members (excludes halogenated alkanes) is 32. The third-order valence-electron chi connectivity index (χ3n) is 12.1. The van der Waals surface area contributed by atoms with Crippen molar-refractivity contribution in [3.63, 3.8) is 0 Å². The largest absolute Gasteiger partial charge is 0.472 e. The summed E-state index contributed by atoms with van der Waals surface area (Å²) in [5.74, 6) is -0.790. The topological polar surface area (TPSA) is 108 Å². The number of carbonyl (C=O) groups excluding carboxylic acids is 2. The van der Waals surface area contributed by atoms with Crippen LogP contribution in [0.5, 0.6) is 0 Å². The minimum absolute atomic E-state index is 0.0000347. The summed E-state index contributed by atoms with van der Waals surface area (Å²) in [6.07, 6.45) is 64.7. The smallest absolute Gasteiger partial charge is 0.462 e. The number of hydrogen-bond donors (Lipinski definition) is 1. The van der Waals surface area contributed by atoms with E-state index in [1.165, 1.54) is 167 Å². The fourth-order valence-electron chi connectivity index (χ4n) is 8.09. The first kappa shape index (κ1) is 64.0. The molecular weight excluding hydrogens is 844 g/mol. The Hall–Kier alpha value is -1.99. The van der Waals surface area contributed by atoms with Crippen LogP contribution in [0.1, 0.15) is 278 Å².